The Morgan fingerprint density at radius 3 is 2.89 bits per heavy atom. The Labute approximate surface area is 109 Å². The average Bonchev–Trinajstić information content (AvgIpc) is 2.98. The molecular weight excluding hydrogens is 250 g/mol. The highest BCUT2D eigenvalue weighted by molar-refractivity contribution is 6.34. The summed E-state index contributed by atoms with van der Waals surface area (Å²) >= 11 is 5.98. The van der Waals surface area contributed by atoms with Crippen molar-refractivity contribution in [2.45, 2.75) is 31.2 Å². The van der Waals surface area contributed by atoms with Gasteiger partial charge in [0.05, 0.1) is 11.1 Å². The summed E-state index contributed by atoms with van der Waals surface area (Å²) in [5, 5.41) is 8.32. The predicted octanol–water partition coefficient (Wildman–Crippen LogP) is 3.32. The average molecular weight is 262 g/mol. The van der Waals surface area contributed by atoms with Crippen molar-refractivity contribution in [3.63, 3.8) is 0 Å². The van der Waals surface area contributed by atoms with Crippen molar-refractivity contribution in [1.82, 2.24) is 10.2 Å². The number of hydrogen-bond acceptors (Lipinski definition) is 3. The van der Waals surface area contributed by atoms with E-state index in [1.54, 1.807) is 6.08 Å². The maximum absolute atomic E-state index is 10.7. The maximum atomic E-state index is 10.7. The van der Waals surface area contributed by atoms with Crippen molar-refractivity contribution in [1.29, 1.82) is 0 Å². The molecule has 0 saturated heterocycles. The van der Waals surface area contributed by atoms with E-state index in [-0.39, 0.29) is 0 Å². The van der Waals surface area contributed by atoms with Crippen LogP contribution >= 0.6 is 11.6 Å². The van der Waals surface area contributed by atoms with Crippen LogP contribution in [0.5, 0.6) is 0 Å². The van der Waals surface area contributed by atoms with Crippen LogP contribution in [0.1, 0.15) is 31.2 Å². The fraction of sp³-hybridized carbons (Fsp3) is 0.385. The number of H-pyrrole nitrogens is 1. The third-order valence-corrected chi connectivity index (χ3v) is 4.02. The second-order valence-electron chi connectivity index (χ2n) is 4.71. The van der Waals surface area contributed by atoms with Gasteiger partial charge in [-0.15, -0.1) is 0 Å². The van der Waals surface area contributed by atoms with Crippen molar-refractivity contribution in [3.05, 3.63) is 28.9 Å². The number of nitrogens with one attached hydrogen (secondary N) is 1. The number of aliphatic imine (C=N–C) groups is 1. The van der Waals surface area contributed by atoms with Crippen LogP contribution in [0, 0.1) is 0 Å². The van der Waals surface area contributed by atoms with Crippen molar-refractivity contribution in [2.75, 3.05) is 0 Å². The molecule has 1 aromatic heterocycles. The summed E-state index contributed by atoms with van der Waals surface area (Å²) in [4.78, 5) is 14.7. The van der Waals surface area contributed by atoms with Crippen molar-refractivity contribution < 1.29 is 4.79 Å². The summed E-state index contributed by atoms with van der Waals surface area (Å²) in [5.74, 6) is 0. The number of hydrogen-bond donors (Lipinski definition) is 1. The smallest absolute Gasteiger partial charge is 0.235 e. The monoisotopic (exact) mass is 261 g/mol. The Balaban J connectivity index is 2.15. The van der Waals surface area contributed by atoms with E-state index in [4.69, 9.17) is 11.6 Å². The number of isocyanates is 1. The molecule has 0 spiro atoms. The topological polar surface area (TPSA) is 58.1 Å². The minimum atomic E-state index is -0.401. The van der Waals surface area contributed by atoms with Gasteiger partial charge in [0.15, 0.2) is 0 Å². The highest BCUT2D eigenvalue weighted by Gasteiger charge is 2.35. The predicted molar refractivity (Wildman–Crippen MR) is 69.4 cm³/mol. The third kappa shape index (κ3) is 1.65. The normalized spacial score (nSPS) is 17.8. The van der Waals surface area contributed by atoms with E-state index in [1.807, 2.05) is 18.2 Å². The van der Waals surface area contributed by atoms with Crippen LogP contribution in [0.4, 0.5) is 0 Å². The molecule has 0 radical (unpaired) electrons. The molecule has 1 fully saturated rings. The lowest BCUT2D eigenvalue weighted by atomic mass is 9.88. The summed E-state index contributed by atoms with van der Waals surface area (Å²) in [6.07, 6.45) is 5.69. The number of aromatic nitrogens is 2. The van der Waals surface area contributed by atoms with Crippen LogP contribution in [-0.2, 0) is 10.3 Å². The molecule has 1 saturated carbocycles. The fourth-order valence-electron chi connectivity index (χ4n) is 2.78. The number of carbonyl (C=O) groups excluding carboxylic acids is 1. The fourth-order valence-corrected chi connectivity index (χ4v) is 2.98. The molecule has 4 nitrogen and oxygen atoms in total. The van der Waals surface area contributed by atoms with Crippen LogP contribution in [0.3, 0.4) is 0 Å². The quantitative estimate of drug-likeness (QED) is 0.666. The largest absolute Gasteiger partial charge is 0.266 e. The van der Waals surface area contributed by atoms with Gasteiger partial charge in [-0.1, -0.05) is 30.5 Å². The van der Waals surface area contributed by atoms with E-state index in [9.17, 15) is 4.79 Å². The van der Waals surface area contributed by atoms with Gasteiger partial charge in [0.25, 0.3) is 0 Å². The Bertz CT molecular complexity index is 637. The summed E-state index contributed by atoms with van der Waals surface area (Å²) in [5.41, 5.74) is 1.44. The number of rotatable bonds is 2. The molecule has 0 amide bonds. The Kier molecular flexibility index (Phi) is 2.69. The van der Waals surface area contributed by atoms with Gasteiger partial charge in [0.2, 0.25) is 6.08 Å². The zero-order valence-electron chi connectivity index (χ0n) is 9.74. The van der Waals surface area contributed by atoms with Gasteiger partial charge < -0.3 is 0 Å². The van der Waals surface area contributed by atoms with Crippen LogP contribution in [0.25, 0.3) is 10.9 Å². The molecule has 0 atom stereocenters. The van der Waals surface area contributed by atoms with Crippen LogP contribution in [-0.4, -0.2) is 16.3 Å². The van der Waals surface area contributed by atoms with Crippen molar-refractivity contribution in [3.8, 4) is 0 Å². The van der Waals surface area contributed by atoms with E-state index < -0.39 is 5.54 Å². The summed E-state index contributed by atoms with van der Waals surface area (Å²) in [6.45, 7) is 0. The molecule has 0 bridgehead atoms. The van der Waals surface area contributed by atoms with Gasteiger partial charge in [0, 0.05) is 5.39 Å². The lowest BCUT2D eigenvalue weighted by Crippen LogP contribution is -2.18. The summed E-state index contributed by atoms with van der Waals surface area (Å²) < 4.78 is 0. The van der Waals surface area contributed by atoms with E-state index in [0.717, 1.165) is 42.1 Å². The standard InChI is InChI=1S/C13H12ClN3O/c14-12-10-4-3-9(7-11(10)16-17-12)13(15-8-18)5-1-2-6-13/h3-4,7H,1-2,5-6H2,(H,16,17). The van der Waals surface area contributed by atoms with Crippen LogP contribution in [0.2, 0.25) is 5.15 Å². The van der Waals surface area contributed by atoms with Gasteiger partial charge in [-0.05, 0) is 30.5 Å². The molecule has 18 heavy (non-hydrogen) atoms. The molecule has 5 heteroatoms. The molecule has 1 aliphatic rings. The second-order valence-corrected chi connectivity index (χ2v) is 5.09. The van der Waals surface area contributed by atoms with Gasteiger partial charge in [-0.3, -0.25) is 5.10 Å². The van der Waals surface area contributed by atoms with Gasteiger partial charge in [-0.2, -0.15) is 10.1 Å². The number of fused-ring (bicyclic) bond motifs is 1. The maximum Gasteiger partial charge on any atom is 0.235 e. The first-order chi connectivity index (χ1) is 8.75. The summed E-state index contributed by atoms with van der Waals surface area (Å²) in [7, 11) is 0. The Morgan fingerprint density at radius 1 is 1.39 bits per heavy atom. The third-order valence-electron chi connectivity index (χ3n) is 3.74. The zero-order chi connectivity index (χ0) is 12.6. The van der Waals surface area contributed by atoms with Crippen molar-refractivity contribution in [2.24, 2.45) is 4.99 Å². The molecule has 0 aliphatic heterocycles. The number of nitrogens with zero attached hydrogens (tertiary/aromatic N) is 2. The first-order valence-corrected chi connectivity index (χ1v) is 6.36. The lowest BCUT2D eigenvalue weighted by molar-refractivity contribution is 0.456. The Hall–Kier alpha value is -1.64. The van der Waals surface area contributed by atoms with E-state index in [0.29, 0.717) is 5.15 Å². The van der Waals surface area contributed by atoms with E-state index in [2.05, 4.69) is 15.2 Å². The Morgan fingerprint density at radius 2 is 2.17 bits per heavy atom. The molecule has 1 aliphatic carbocycles. The molecule has 92 valence electrons. The molecular formula is C13H12ClN3O. The zero-order valence-corrected chi connectivity index (χ0v) is 10.5. The van der Waals surface area contributed by atoms with Crippen LogP contribution in [0.15, 0.2) is 23.2 Å². The highest BCUT2D eigenvalue weighted by atomic mass is 35.5. The van der Waals surface area contributed by atoms with Gasteiger partial charge >= 0.3 is 0 Å². The molecule has 2 aromatic rings. The first-order valence-electron chi connectivity index (χ1n) is 5.98. The summed E-state index contributed by atoms with van der Waals surface area (Å²) in [6, 6.07) is 5.87. The number of halogens is 1. The number of benzene rings is 1. The highest BCUT2D eigenvalue weighted by Crippen LogP contribution is 2.42. The van der Waals surface area contributed by atoms with E-state index in [1.165, 1.54) is 0 Å². The molecule has 1 heterocycles. The SMILES string of the molecule is O=C=NC1(c2ccc3c(Cl)[nH]nc3c2)CCCC1. The lowest BCUT2D eigenvalue weighted by Gasteiger charge is -2.22. The molecule has 0 unspecified atom stereocenters. The van der Waals surface area contributed by atoms with Gasteiger partial charge in [0.1, 0.15) is 5.15 Å². The molecule has 1 aromatic carbocycles. The molecule has 1 N–H and O–H groups in total. The van der Waals surface area contributed by atoms with Crippen LogP contribution < -0.4 is 0 Å². The van der Waals surface area contributed by atoms with E-state index >= 15 is 0 Å². The minimum Gasteiger partial charge on any atom is -0.266 e. The van der Waals surface area contributed by atoms with Crippen molar-refractivity contribution >= 4 is 28.6 Å². The molecule has 3 rings (SSSR count). The minimum absolute atomic E-state index is 0.401. The first kappa shape index (κ1) is 11.5. The number of aromatic amines is 1. The van der Waals surface area contributed by atoms with Gasteiger partial charge in [-0.25, -0.2) is 4.79 Å². The second kappa shape index (κ2) is 4.23.